The quantitative estimate of drug-likeness (QED) is 0.673. The summed E-state index contributed by atoms with van der Waals surface area (Å²) in [7, 11) is 0. The van der Waals surface area contributed by atoms with E-state index in [-0.39, 0.29) is 11.8 Å². The summed E-state index contributed by atoms with van der Waals surface area (Å²) in [5.41, 5.74) is 4.02. The number of hydrogen-bond donors (Lipinski definition) is 1. The van der Waals surface area contributed by atoms with Crippen molar-refractivity contribution in [2.75, 3.05) is 11.4 Å². The second kappa shape index (κ2) is 8.71. The molecule has 0 aliphatic carbocycles. The molecule has 1 aliphatic rings. The lowest BCUT2D eigenvalue weighted by molar-refractivity contribution is 0.0944. The molecule has 7 heteroatoms. The number of aryl methyl sites for hydroxylation is 2. The van der Waals surface area contributed by atoms with Gasteiger partial charge in [-0.15, -0.1) is 0 Å². The summed E-state index contributed by atoms with van der Waals surface area (Å²) in [4.78, 5) is 27.1. The standard InChI is InChI=1S/C23H23ClN4O2/c1-2-27-12-10-20(26-27)22(29)25-15-16-8-9-21-17(13-16)6-4-11-28(21)23(30)18-5-3-7-19(24)14-18/h3,5,7-10,12-14H,2,4,6,11,15H2,1H3,(H,25,29). The average molecular weight is 423 g/mol. The molecule has 2 amide bonds. The van der Waals surface area contributed by atoms with Crippen molar-refractivity contribution in [2.24, 2.45) is 0 Å². The zero-order valence-electron chi connectivity index (χ0n) is 16.8. The van der Waals surface area contributed by atoms with E-state index in [0.717, 1.165) is 36.2 Å². The molecule has 2 aromatic carbocycles. The van der Waals surface area contributed by atoms with E-state index < -0.39 is 0 Å². The van der Waals surface area contributed by atoms with Crippen LogP contribution in [0.25, 0.3) is 0 Å². The summed E-state index contributed by atoms with van der Waals surface area (Å²) in [6.07, 6.45) is 3.58. The van der Waals surface area contributed by atoms with Crippen molar-refractivity contribution in [1.82, 2.24) is 15.1 Å². The molecule has 0 bridgehead atoms. The van der Waals surface area contributed by atoms with Crippen LogP contribution in [0.5, 0.6) is 0 Å². The Morgan fingerprint density at radius 1 is 1.17 bits per heavy atom. The second-order valence-electron chi connectivity index (χ2n) is 7.27. The highest BCUT2D eigenvalue weighted by atomic mass is 35.5. The zero-order valence-corrected chi connectivity index (χ0v) is 17.5. The summed E-state index contributed by atoms with van der Waals surface area (Å²) in [6, 6.07) is 14.7. The van der Waals surface area contributed by atoms with Gasteiger partial charge in [0.1, 0.15) is 5.69 Å². The summed E-state index contributed by atoms with van der Waals surface area (Å²) in [5, 5.41) is 7.69. The van der Waals surface area contributed by atoms with Crippen LogP contribution in [-0.4, -0.2) is 28.1 Å². The highest BCUT2D eigenvalue weighted by Crippen LogP contribution is 2.30. The predicted octanol–water partition coefficient (Wildman–Crippen LogP) is 4.08. The van der Waals surface area contributed by atoms with E-state index in [4.69, 9.17) is 11.6 Å². The van der Waals surface area contributed by atoms with Crippen molar-refractivity contribution in [3.8, 4) is 0 Å². The topological polar surface area (TPSA) is 67.2 Å². The van der Waals surface area contributed by atoms with E-state index in [1.165, 1.54) is 0 Å². The lowest BCUT2D eigenvalue weighted by atomic mass is 9.98. The van der Waals surface area contributed by atoms with Crippen molar-refractivity contribution in [2.45, 2.75) is 32.9 Å². The number of amides is 2. The molecule has 6 nitrogen and oxygen atoms in total. The largest absolute Gasteiger partial charge is 0.347 e. The van der Waals surface area contributed by atoms with Gasteiger partial charge >= 0.3 is 0 Å². The van der Waals surface area contributed by atoms with E-state index in [1.54, 1.807) is 41.2 Å². The highest BCUT2D eigenvalue weighted by molar-refractivity contribution is 6.31. The van der Waals surface area contributed by atoms with Gasteiger partial charge in [0.15, 0.2) is 0 Å². The Morgan fingerprint density at radius 2 is 2.03 bits per heavy atom. The number of hydrogen-bond acceptors (Lipinski definition) is 3. The zero-order chi connectivity index (χ0) is 21.1. The fraction of sp³-hybridized carbons (Fsp3) is 0.261. The first kappa shape index (κ1) is 20.2. The Bertz CT molecular complexity index is 1090. The normalized spacial score (nSPS) is 13.1. The molecule has 0 fully saturated rings. The van der Waals surface area contributed by atoms with Crippen LogP contribution in [0.2, 0.25) is 5.02 Å². The molecule has 0 saturated carbocycles. The number of carbonyl (C=O) groups is 2. The van der Waals surface area contributed by atoms with Crippen molar-refractivity contribution < 1.29 is 9.59 Å². The number of carbonyl (C=O) groups excluding carboxylic acids is 2. The summed E-state index contributed by atoms with van der Waals surface area (Å²) in [5.74, 6) is -0.247. The van der Waals surface area contributed by atoms with E-state index >= 15 is 0 Å². The van der Waals surface area contributed by atoms with Crippen molar-refractivity contribution >= 4 is 29.1 Å². The van der Waals surface area contributed by atoms with Crippen LogP contribution >= 0.6 is 11.6 Å². The Labute approximate surface area is 180 Å². The number of fused-ring (bicyclic) bond motifs is 1. The fourth-order valence-corrected chi connectivity index (χ4v) is 3.87. The summed E-state index contributed by atoms with van der Waals surface area (Å²) < 4.78 is 1.72. The molecular weight excluding hydrogens is 400 g/mol. The smallest absolute Gasteiger partial charge is 0.272 e. The number of nitrogens with one attached hydrogen (secondary N) is 1. The molecule has 2 heterocycles. The van der Waals surface area contributed by atoms with Crippen LogP contribution in [0.1, 0.15) is 45.3 Å². The number of nitrogens with zero attached hydrogens (tertiary/aromatic N) is 3. The maximum atomic E-state index is 13.0. The molecule has 1 N–H and O–H groups in total. The maximum Gasteiger partial charge on any atom is 0.272 e. The minimum absolute atomic E-state index is 0.0500. The van der Waals surface area contributed by atoms with Crippen LogP contribution in [-0.2, 0) is 19.5 Å². The van der Waals surface area contributed by atoms with Gasteiger partial charge in [-0.3, -0.25) is 14.3 Å². The van der Waals surface area contributed by atoms with E-state index in [1.807, 2.05) is 24.0 Å². The molecule has 0 saturated heterocycles. The highest BCUT2D eigenvalue weighted by Gasteiger charge is 2.24. The average Bonchev–Trinajstić information content (AvgIpc) is 3.26. The third-order valence-electron chi connectivity index (χ3n) is 5.23. The monoisotopic (exact) mass is 422 g/mol. The first-order valence-electron chi connectivity index (χ1n) is 10.1. The lowest BCUT2D eigenvalue weighted by Crippen LogP contribution is -2.35. The van der Waals surface area contributed by atoms with E-state index in [2.05, 4.69) is 16.5 Å². The van der Waals surface area contributed by atoms with Crippen LogP contribution < -0.4 is 10.2 Å². The van der Waals surface area contributed by atoms with Gasteiger partial charge in [-0.1, -0.05) is 29.8 Å². The molecule has 4 rings (SSSR count). The van der Waals surface area contributed by atoms with Gasteiger partial charge in [0.25, 0.3) is 11.8 Å². The predicted molar refractivity (Wildman–Crippen MR) is 117 cm³/mol. The molecule has 0 atom stereocenters. The van der Waals surface area contributed by atoms with Gasteiger partial charge in [-0.2, -0.15) is 5.10 Å². The van der Waals surface area contributed by atoms with Gasteiger partial charge in [0, 0.05) is 42.1 Å². The number of aromatic nitrogens is 2. The Morgan fingerprint density at radius 3 is 2.80 bits per heavy atom. The third kappa shape index (κ3) is 4.24. The molecule has 3 aromatic rings. The molecule has 1 aromatic heterocycles. The van der Waals surface area contributed by atoms with Gasteiger partial charge in [0.05, 0.1) is 0 Å². The van der Waals surface area contributed by atoms with Crippen LogP contribution in [0, 0.1) is 0 Å². The summed E-state index contributed by atoms with van der Waals surface area (Å²) in [6.45, 7) is 3.78. The van der Waals surface area contributed by atoms with Crippen LogP contribution in [0.15, 0.2) is 54.7 Å². The van der Waals surface area contributed by atoms with Gasteiger partial charge in [-0.05, 0) is 61.2 Å². The molecule has 30 heavy (non-hydrogen) atoms. The van der Waals surface area contributed by atoms with Gasteiger partial charge < -0.3 is 10.2 Å². The Kier molecular flexibility index (Phi) is 5.86. The van der Waals surface area contributed by atoms with E-state index in [9.17, 15) is 9.59 Å². The first-order valence-corrected chi connectivity index (χ1v) is 10.4. The maximum absolute atomic E-state index is 13.0. The molecule has 1 aliphatic heterocycles. The van der Waals surface area contributed by atoms with Gasteiger partial charge in [-0.25, -0.2) is 0 Å². The molecule has 0 unspecified atom stereocenters. The van der Waals surface area contributed by atoms with Crippen LogP contribution in [0.3, 0.4) is 0 Å². The molecule has 0 radical (unpaired) electrons. The third-order valence-corrected chi connectivity index (χ3v) is 5.46. The van der Waals surface area contributed by atoms with E-state index in [0.29, 0.717) is 29.4 Å². The molecule has 154 valence electrons. The lowest BCUT2D eigenvalue weighted by Gasteiger charge is -2.30. The number of anilines is 1. The van der Waals surface area contributed by atoms with Crippen molar-refractivity contribution in [1.29, 1.82) is 0 Å². The summed E-state index contributed by atoms with van der Waals surface area (Å²) >= 11 is 6.05. The first-order chi connectivity index (χ1) is 14.5. The fourth-order valence-electron chi connectivity index (χ4n) is 3.68. The molecular formula is C23H23ClN4O2. The minimum atomic E-state index is -0.197. The number of benzene rings is 2. The Hall–Kier alpha value is -3.12. The second-order valence-corrected chi connectivity index (χ2v) is 7.71. The number of rotatable bonds is 5. The van der Waals surface area contributed by atoms with Crippen molar-refractivity contribution in [3.63, 3.8) is 0 Å². The van der Waals surface area contributed by atoms with Gasteiger partial charge in [0.2, 0.25) is 0 Å². The number of halogens is 1. The molecule has 0 spiro atoms. The van der Waals surface area contributed by atoms with Crippen molar-refractivity contribution in [3.05, 3.63) is 82.1 Å². The minimum Gasteiger partial charge on any atom is -0.347 e. The van der Waals surface area contributed by atoms with Crippen LogP contribution in [0.4, 0.5) is 5.69 Å². The Balaban J connectivity index is 1.47. The SMILES string of the molecule is CCn1ccc(C(=O)NCc2ccc3c(c2)CCCN3C(=O)c2cccc(Cl)c2)n1.